The predicted molar refractivity (Wildman–Crippen MR) is 128 cm³/mol. The highest BCUT2D eigenvalue weighted by Crippen LogP contribution is 2.14. The summed E-state index contributed by atoms with van der Waals surface area (Å²) in [6.45, 7) is 6.55. The highest BCUT2D eigenvalue weighted by atomic mass is 16.4. The molecule has 0 aromatic carbocycles. The zero-order chi connectivity index (χ0) is 21.6. The van der Waals surface area contributed by atoms with E-state index in [1.165, 1.54) is 122 Å². The second-order valence-corrected chi connectivity index (χ2v) is 9.57. The second-order valence-electron chi connectivity index (χ2n) is 9.57. The van der Waals surface area contributed by atoms with Gasteiger partial charge in [0.1, 0.15) is 5.54 Å². The maximum Gasteiger partial charge on any atom is 0.323 e. The summed E-state index contributed by atoms with van der Waals surface area (Å²) in [5, 5.41) is 12.2. The third-order valence-electron chi connectivity index (χ3n) is 6.13. The number of carboxylic acid groups (broad SMARTS) is 1. The standard InChI is InChI=1S/C26H53NO2/c1-4-5-6-7-8-9-10-11-12-13-14-15-16-17-18-19-20-21-22-23-24-27-26(2,3)25(28)29/h27H,4-24H2,1-3H3,(H,28,29). The molecule has 0 amide bonds. The largest absolute Gasteiger partial charge is 0.480 e. The molecule has 29 heavy (non-hydrogen) atoms. The van der Waals surface area contributed by atoms with E-state index in [2.05, 4.69) is 12.2 Å². The second kappa shape index (κ2) is 20.7. The molecule has 174 valence electrons. The fourth-order valence-electron chi connectivity index (χ4n) is 3.86. The van der Waals surface area contributed by atoms with Crippen molar-refractivity contribution < 1.29 is 9.90 Å². The lowest BCUT2D eigenvalue weighted by molar-refractivity contribution is -0.143. The SMILES string of the molecule is CCCCCCCCCCCCCCCCCCCCCCNC(C)(C)C(=O)O. The van der Waals surface area contributed by atoms with E-state index in [1.54, 1.807) is 13.8 Å². The number of hydrogen-bond acceptors (Lipinski definition) is 2. The molecule has 3 nitrogen and oxygen atoms in total. The van der Waals surface area contributed by atoms with E-state index >= 15 is 0 Å². The maximum atomic E-state index is 11.0. The first-order valence-electron chi connectivity index (χ1n) is 13.0. The van der Waals surface area contributed by atoms with Crippen LogP contribution in [0.1, 0.15) is 149 Å². The number of aliphatic carboxylic acids is 1. The number of rotatable bonds is 23. The average Bonchev–Trinajstić information content (AvgIpc) is 2.69. The number of hydrogen-bond donors (Lipinski definition) is 2. The van der Waals surface area contributed by atoms with Gasteiger partial charge in [-0.2, -0.15) is 0 Å². The van der Waals surface area contributed by atoms with E-state index < -0.39 is 11.5 Å². The lowest BCUT2D eigenvalue weighted by atomic mass is 10.0. The predicted octanol–water partition coefficient (Wildman–Crippen LogP) is 8.26. The quantitative estimate of drug-likeness (QED) is 0.166. The molecule has 0 aliphatic carbocycles. The number of unbranched alkanes of at least 4 members (excludes halogenated alkanes) is 19. The number of carboxylic acids is 1. The van der Waals surface area contributed by atoms with E-state index in [0.29, 0.717) is 0 Å². The third kappa shape index (κ3) is 20.5. The average molecular weight is 412 g/mol. The van der Waals surface area contributed by atoms with Gasteiger partial charge in [-0.15, -0.1) is 0 Å². The topological polar surface area (TPSA) is 49.3 Å². The van der Waals surface area contributed by atoms with E-state index in [-0.39, 0.29) is 0 Å². The molecular weight excluding hydrogens is 358 g/mol. The van der Waals surface area contributed by atoms with Gasteiger partial charge in [0.05, 0.1) is 0 Å². The van der Waals surface area contributed by atoms with Gasteiger partial charge in [0.15, 0.2) is 0 Å². The van der Waals surface area contributed by atoms with Gasteiger partial charge in [0, 0.05) is 0 Å². The Balaban J connectivity index is 3.11. The molecule has 0 bridgehead atoms. The normalized spacial score (nSPS) is 11.8. The molecule has 0 aromatic rings. The van der Waals surface area contributed by atoms with Crippen molar-refractivity contribution in [3.8, 4) is 0 Å². The highest BCUT2D eigenvalue weighted by Gasteiger charge is 2.25. The monoisotopic (exact) mass is 411 g/mol. The summed E-state index contributed by atoms with van der Waals surface area (Å²) in [6, 6.07) is 0. The summed E-state index contributed by atoms with van der Waals surface area (Å²) in [7, 11) is 0. The highest BCUT2D eigenvalue weighted by molar-refractivity contribution is 5.77. The first kappa shape index (κ1) is 28.4. The molecule has 0 radical (unpaired) electrons. The van der Waals surface area contributed by atoms with Crippen molar-refractivity contribution in [1.82, 2.24) is 5.32 Å². The van der Waals surface area contributed by atoms with Gasteiger partial charge in [0.25, 0.3) is 0 Å². The molecule has 0 heterocycles. The summed E-state index contributed by atoms with van der Waals surface area (Å²) in [5.74, 6) is -0.773. The van der Waals surface area contributed by atoms with Crippen LogP contribution in [0.3, 0.4) is 0 Å². The summed E-state index contributed by atoms with van der Waals surface area (Å²) in [5.41, 5.74) is -0.798. The van der Waals surface area contributed by atoms with Gasteiger partial charge in [0.2, 0.25) is 0 Å². The third-order valence-corrected chi connectivity index (χ3v) is 6.13. The van der Waals surface area contributed by atoms with Crippen LogP contribution >= 0.6 is 0 Å². The van der Waals surface area contributed by atoms with E-state index in [1.807, 2.05) is 0 Å². The van der Waals surface area contributed by atoms with Crippen molar-refractivity contribution in [1.29, 1.82) is 0 Å². The van der Waals surface area contributed by atoms with Crippen LogP contribution in [-0.4, -0.2) is 23.2 Å². The lowest BCUT2D eigenvalue weighted by Gasteiger charge is -2.20. The van der Waals surface area contributed by atoms with Crippen molar-refractivity contribution in [2.45, 2.75) is 155 Å². The number of carbonyl (C=O) groups is 1. The van der Waals surface area contributed by atoms with Crippen LogP contribution < -0.4 is 5.32 Å². The van der Waals surface area contributed by atoms with E-state index in [9.17, 15) is 4.79 Å². The van der Waals surface area contributed by atoms with Crippen LogP contribution in [0.25, 0.3) is 0 Å². The Morgan fingerprint density at radius 3 is 1.14 bits per heavy atom. The minimum absolute atomic E-state index is 0.773. The Kier molecular flexibility index (Phi) is 20.3. The minimum atomic E-state index is -0.798. The molecule has 0 atom stereocenters. The molecule has 0 aliphatic heterocycles. The molecule has 0 aliphatic rings. The molecular formula is C26H53NO2. The smallest absolute Gasteiger partial charge is 0.323 e. The molecule has 0 saturated heterocycles. The van der Waals surface area contributed by atoms with Gasteiger partial charge in [-0.25, -0.2) is 0 Å². The van der Waals surface area contributed by atoms with Gasteiger partial charge in [-0.3, -0.25) is 4.79 Å². The van der Waals surface area contributed by atoms with Gasteiger partial charge in [-0.1, -0.05) is 129 Å². The Labute approximate surface area is 182 Å². The van der Waals surface area contributed by atoms with Crippen LogP contribution in [-0.2, 0) is 4.79 Å². The van der Waals surface area contributed by atoms with Crippen LogP contribution in [0.4, 0.5) is 0 Å². The summed E-state index contributed by atoms with van der Waals surface area (Å²) in [6.07, 6.45) is 27.8. The summed E-state index contributed by atoms with van der Waals surface area (Å²) < 4.78 is 0. The number of nitrogens with one attached hydrogen (secondary N) is 1. The fourth-order valence-corrected chi connectivity index (χ4v) is 3.86. The molecule has 3 heteroatoms. The van der Waals surface area contributed by atoms with Gasteiger partial charge in [-0.05, 0) is 26.8 Å². The zero-order valence-electron chi connectivity index (χ0n) is 20.2. The molecule has 0 aromatic heterocycles. The first-order chi connectivity index (χ1) is 14.0. The maximum absolute atomic E-state index is 11.0. The molecule has 0 saturated carbocycles. The molecule has 0 unspecified atom stereocenters. The van der Waals surface area contributed by atoms with Crippen molar-refractivity contribution in [3.05, 3.63) is 0 Å². The zero-order valence-corrected chi connectivity index (χ0v) is 20.2. The van der Waals surface area contributed by atoms with Crippen LogP contribution in [0.15, 0.2) is 0 Å². The Hall–Kier alpha value is -0.570. The Bertz CT molecular complexity index is 355. The van der Waals surface area contributed by atoms with Gasteiger partial charge >= 0.3 is 5.97 Å². The van der Waals surface area contributed by atoms with E-state index in [0.717, 1.165) is 13.0 Å². The Morgan fingerprint density at radius 1 is 0.586 bits per heavy atom. The van der Waals surface area contributed by atoms with Crippen LogP contribution in [0, 0.1) is 0 Å². The van der Waals surface area contributed by atoms with Crippen molar-refractivity contribution >= 4 is 5.97 Å². The first-order valence-corrected chi connectivity index (χ1v) is 13.0. The summed E-state index contributed by atoms with van der Waals surface area (Å²) >= 11 is 0. The summed E-state index contributed by atoms with van der Waals surface area (Å²) in [4.78, 5) is 11.0. The molecule has 0 fully saturated rings. The van der Waals surface area contributed by atoms with Crippen molar-refractivity contribution in [2.24, 2.45) is 0 Å². The Morgan fingerprint density at radius 2 is 0.862 bits per heavy atom. The fraction of sp³-hybridized carbons (Fsp3) is 0.962. The molecule has 0 spiro atoms. The molecule has 0 rings (SSSR count). The van der Waals surface area contributed by atoms with Crippen LogP contribution in [0.5, 0.6) is 0 Å². The lowest BCUT2D eigenvalue weighted by Crippen LogP contribution is -2.46. The van der Waals surface area contributed by atoms with Crippen molar-refractivity contribution in [3.63, 3.8) is 0 Å². The van der Waals surface area contributed by atoms with E-state index in [4.69, 9.17) is 5.11 Å². The van der Waals surface area contributed by atoms with Crippen LogP contribution in [0.2, 0.25) is 0 Å². The van der Waals surface area contributed by atoms with Crippen molar-refractivity contribution in [2.75, 3.05) is 6.54 Å². The minimum Gasteiger partial charge on any atom is -0.480 e. The molecule has 2 N–H and O–H groups in total. The van der Waals surface area contributed by atoms with Gasteiger partial charge < -0.3 is 10.4 Å².